The standard InChI is InChI=1S/C23H29F3N4OS/c1-14-17(23(24,25)26)13-28-20(30-10-7-15(8-11-30)22(2,3)4)19(14)21(31)29-16-6-9-27-18(12-16)32-5/h6,9,12-13,15H,7-8,10-11H2,1-5H3,(H,27,29,31). The van der Waals surface area contributed by atoms with Crippen molar-refractivity contribution in [2.24, 2.45) is 11.3 Å². The first kappa shape index (κ1) is 24.4. The van der Waals surface area contributed by atoms with Crippen LogP contribution in [-0.2, 0) is 6.18 Å². The van der Waals surface area contributed by atoms with Crippen LogP contribution in [0.2, 0.25) is 0 Å². The van der Waals surface area contributed by atoms with Crippen LogP contribution < -0.4 is 10.2 Å². The number of halogens is 3. The first-order valence-corrected chi connectivity index (χ1v) is 11.8. The molecule has 1 saturated heterocycles. The smallest absolute Gasteiger partial charge is 0.356 e. The van der Waals surface area contributed by atoms with Crippen molar-refractivity contribution in [2.75, 3.05) is 29.6 Å². The van der Waals surface area contributed by atoms with Gasteiger partial charge in [0, 0.05) is 31.2 Å². The van der Waals surface area contributed by atoms with Crippen LogP contribution in [0.3, 0.4) is 0 Å². The van der Waals surface area contributed by atoms with Crippen molar-refractivity contribution in [1.82, 2.24) is 9.97 Å². The number of hydrogen-bond donors (Lipinski definition) is 1. The van der Waals surface area contributed by atoms with Crippen LogP contribution in [0.5, 0.6) is 0 Å². The molecule has 1 fully saturated rings. The SMILES string of the molecule is CSc1cc(NC(=O)c2c(N3CCC(C(C)(C)C)CC3)ncc(C(F)(F)F)c2C)ccn1. The second kappa shape index (κ2) is 9.29. The number of amides is 1. The van der Waals surface area contributed by atoms with Gasteiger partial charge in [0.15, 0.2) is 0 Å². The van der Waals surface area contributed by atoms with Gasteiger partial charge in [-0.3, -0.25) is 4.79 Å². The van der Waals surface area contributed by atoms with Gasteiger partial charge in [-0.25, -0.2) is 9.97 Å². The van der Waals surface area contributed by atoms with Gasteiger partial charge in [-0.1, -0.05) is 20.8 Å². The Morgan fingerprint density at radius 3 is 2.41 bits per heavy atom. The van der Waals surface area contributed by atoms with Gasteiger partial charge >= 0.3 is 6.18 Å². The first-order valence-electron chi connectivity index (χ1n) is 10.5. The second-order valence-electron chi connectivity index (χ2n) is 9.16. The number of nitrogens with one attached hydrogen (secondary N) is 1. The van der Waals surface area contributed by atoms with Gasteiger partial charge < -0.3 is 10.2 Å². The summed E-state index contributed by atoms with van der Waals surface area (Å²) in [5.74, 6) is 0.208. The molecule has 0 bridgehead atoms. The molecule has 3 rings (SSSR count). The van der Waals surface area contributed by atoms with Crippen molar-refractivity contribution in [3.8, 4) is 0 Å². The van der Waals surface area contributed by atoms with Crippen LogP contribution >= 0.6 is 11.8 Å². The number of anilines is 2. The van der Waals surface area contributed by atoms with Crippen molar-refractivity contribution in [2.45, 2.75) is 51.7 Å². The lowest BCUT2D eigenvalue weighted by molar-refractivity contribution is -0.138. The number of hydrogen-bond acceptors (Lipinski definition) is 5. The number of nitrogens with zero attached hydrogens (tertiary/aromatic N) is 3. The van der Waals surface area contributed by atoms with Crippen LogP contribution in [0, 0.1) is 18.3 Å². The van der Waals surface area contributed by atoms with Crippen molar-refractivity contribution >= 4 is 29.2 Å². The number of carbonyl (C=O) groups is 1. The molecule has 1 aliphatic heterocycles. The van der Waals surface area contributed by atoms with Gasteiger partial charge in [-0.05, 0) is 55.1 Å². The molecular weight excluding hydrogens is 437 g/mol. The highest BCUT2D eigenvalue weighted by Gasteiger charge is 2.37. The Labute approximate surface area is 191 Å². The largest absolute Gasteiger partial charge is 0.418 e. The van der Waals surface area contributed by atoms with E-state index >= 15 is 0 Å². The zero-order valence-corrected chi connectivity index (χ0v) is 19.8. The van der Waals surface area contributed by atoms with E-state index in [2.05, 4.69) is 36.1 Å². The minimum Gasteiger partial charge on any atom is -0.356 e. The topological polar surface area (TPSA) is 58.1 Å². The molecule has 0 atom stereocenters. The van der Waals surface area contributed by atoms with E-state index in [1.165, 1.54) is 18.7 Å². The highest BCUT2D eigenvalue weighted by atomic mass is 32.2. The van der Waals surface area contributed by atoms with Gasteiger partial charge in [0.2, 0.25) is 0 Å². The third-order valence-electron chi connectivity index (χ3n) is 6.07. The Bertz CT molecular complexity index is 980. The molecule has 0 radical (unpaired) electrons. The zero-order valence-electron chi connectivity index (χ0n) is 19.0. The van der Waals surface area contributed by atoms with E-state index < -0.39 is 17.6 Å². The van der Waals surface area contributed by atoms with E-state index in [4.69, 9.17) is 0 Å². The monoisotopic (exact) mass is 466 g/mol. The maximum atomic E-state index is 13.6. The van der Waals surface area contributed by atoms with Crippen LogP contribution in [0.4, 0.5) is 24.7 Å². The van der Waals surface area contributed by atoms with Crippen molar-refractivity contribution in [3.05, 3.63) is 41.2 Å². The molecule has 2 aromatic rings. The van der Waals surface area contributed by atoms with Crippen molar-refractivity contribution < 1.29 is 18.0 Å². The van der Waals surface area contributed by atoms with E-state index in [0.29, 0.717) is 35.5 Å². The summed E-state index contributed by atoms with van der Waals surface area (Å²) in [5, 5.41) is 3.44. The fourth-order valence-corrected chi connectivity index (χ4v) is 4.55. The molecule has 3 heterocycles. The second-order valence-corrected chi connectivity index (χ2v) is 9.99. The highest BCUT2D eigenvalue weighted by molar-refractivity contribution is 7.98. The summed E-state index contributed by atoms with van der Waals surface area (Å²) in [5.41, 5.74) is -0.403. The van der Waals surface area contributed by atoms with E-state index in [-0.39, 0.29) is 16.5 Å². The fraction of sp³-hybridized carbons (Fsp3) is 0.522. The number of thioether (sulfide) groups is 1. The Morgan fingerprint density at radius 1 is 1.19 bits per heavy atom. The number of pyridine rings is 2. The molecule has 1 N–H and O–H groups in total. The Balaban J connectivity index is 1.97. The summed E-state index contributed by atoms with van der Waals surface area (Å²) in [4.78, 5) is 23.5. The fourth-order valence-electron chi connectivity index (χ4n) is 4.14. The Kier molecular flexibility index (Phi) is 7.07. The first-order chi connectivity index (χ1) is 14.9. The Hall–Kier alpha value is -2.29. The number of aromatic nitrogens is 2. The normalized spacial score (nSPS) is 15.7. The lowest BCUT2D eigenvalue weighted by atomic mass is 9.75. The van der Waals surface area contributed by atoms with E-state index in [1.807, 2.05) is 11.2 Å². The van der Waals surface area contributed by atoms with E-state index in [0.717, 1.165) is 19.0 Å². The molecule has 9 heteroatoms. The quantitative estimate of drug-likeness (QED) is 0.557. The van der Waals surface area contributed by atoms with Crippen molar-refractivity contribution in [3.63, 3.8) is 0 Å². The molecule has 32 heavy (non-hydrogen) atoms. The minimum atomic E-state index is -4.59. The van der Waals surface area contributed by atoms with Gasteiger partial charge in [-0.2, -0.15) is 13.2 Å². The lowest BCUT2D eigenvalue weighted by Crippen LogP contribution is -2.39. The molecule has 0 aromatic carbocycles. The van der Waals surface area contributed by atoms with Crippen molar-refractivity contribution in [1.29, 1.82) is 0 Å². The maximum Gasteiger partial charge on any atom is 0.418 e. The molecule has 0 spiro atoms. The molecule has 174 valence electrons. The third kappa shape index (κ3) is 5.36. The lowest BCUT2D eigenvalue weighted by Gasteiger charge is -2.39. The number of rotatable bonds is 4. The molecular formula is C23H29F3N4OS. The number of carbonyl (C=O) groups excluding carboxylic acids is 1. The zero-order chi connectivity index (χ0) is 23.7. The molecule has 2 aromatic heterocycles. The average molecular weight is 467 g/mol. The summed E-state index contributed by atoms with van der Waals surface area (Å²) in [6, 6.07) is 3.30. The van der Waals surface area contributed by atoms with Crippen LogP contribution in [0.15, 0.2) is 29.6 Å². The summed E-state index contributed by atoms with van der Waals surface area (Å²) >= 11 is 1.41. The number of piperidine rings is 1. The molecule has 0 saturated carbocycles. The van der Waals surface area contributed by atoms with E-state index in [9.17, 15) is 18.0 Å². The van der Waals surface area contributed by atoms with Gasteiger partial charge in [-0.15, -0.1) is 11.8 Å². The summed E-state index contributed by atoms with van der Waals surface area (Å²) in [6.07, 6.45) is 1.45. The molecule has 0 unspecified atom stereocenters. The predicted molar refractivity (Wildman–Crippen MR) is 122 cm³/mol. The highest BCUT2D eigenvalue weighted by Crippen LogP contribution is 2.39. The van der Waals surface area contributed by atoms with Gasteiger partial charge in [0.25, 0.3) is 5.91 Å². The average Bonchev–Trinajstić information content (AvgIpc) is 2.72. The molecule has 1 aliphatic rings. The maximum absolute atomic E-state index is 13.6. The third-order valence-corrected chi connectivity index (χ3v) is 6.71. The Morgan fingerprint density at radius 2 is 1.84 bits per heavy atom. The molecule has 1 amide bonds. The molecule has 0 aliphatic carbocycles. The van der Waals surface area contributed by atoms with E-state index in [1.54, 1.807) is 18.3 Å². The predicted octanol–water partition coefficient (Wildman–Crippen LogP) is 6.04. The molecule has 5 nitrogen and oxygen atoms in total. The van der Waals surface area contributed by atoms with Gasteiger partial charge in [0.05, 0.1) is 16.2 Å². The van der Waals surface area contributed by atoms with Crippen LogP contribution in [-0.4, -0.2) is 35.2 Å². The summed E-state index contributed by atoms with van der Waals surface area (Å²) in [6.45, 7) is 9.22. The van der Waals surface area contributed by atoms with Gasteiger partial charge in [0.1, 0.15) is 5.82 Å². The minimum absolute atomic E-state index is 0.0310. The summed E-state index contributed by atoms with van der Waals surface area (Å²) < 4.78 is 40.7. The number of alkyl halides is 3. The van der Waals surface area contributed by atoms with Crippen LogP contribution in [0.1, 0.15) is 55.1 Å². The summed E-state index contributed by atoms with van der Waals surface area (Å²) in [7, 11) is 0. The van der Waals surface area contributed by atoms with Crippen LogP contribution in [0.25, 0.3) is 0 Å².